The summed E-state index contributed by atoms with van der Waals surface area (Å²) in [7, 11) is 5.44. The van der Waals surface area contributed by atoms with Crippen molar-refractivity contribution in [1.82, 2.24) is 15.1 Å². The van der Waals surface area contributed by atoms with Crippen LogP contribution in [-0.2, 0) is 14.3 Å². The molecular weight excluding hydrogens is 356 g/mol. The van der Waals surface area contributed by atoms with Gasteiger partial charge in [-0.2, -0.15) is 0 Å². The van der Waals surface area contributed by atoms with Gasteiger partial charge in [0.15, 0.2) is 5.96 Å². The molecule has 0 bridgehead atoms. The Balaban J connectivity index is 1.92. The van der Waals surface area contributed by atoms with Gasteiger partial charge in [0.2, 0.25) is 5.91 Å². The molecule has 1 heterocycles. The first-order chi connectivity index (χ1) is 13.5. The lowest BCUT2D eigenvalue weighted by atomic mass is 9.85. The van der Waals surface area contributed by atoms with E-state index < -0.39 is 0 Å². The quantitative estimate of drug-likeness (QED) is 0.367. The fourth-order valence-corrected chi connectivity index (χ4v) is 4.31. The van der Waals surface area contributed by atoms with E-state index in [1.165, 1.54) is 0 Å². The van der Waals surface area contributed by atoms with E-state index in [4.69, 9.17) is 14.5 Å². The predicted molar refractivity (Wildman–Crippen MR) is 113 cm³/mol. The Hall–Kier alpha value is -1.34. The summed E-state index contributed by atoms with van der Waals surface area (Å²) < 4.78 is 11.0. The van der Waals surface area contributed by atoms with Gasteiger partial charge in [0.1, 0.15) is 0 Å². The number of likely N-dealkylation sites (tertiary alicyclic amines) is 1. The third kappa shape index (κ3) is 6.34. The van der Waals surface area contributed by atoms with Gasteiger partial charge in [-0.05, 0) is 39.0 Å². The molecule has 0 aromatic heterocycles. The van der Waals surface area contributed by atoms with Crippen molar-refractivity contribution in [3.63, 3.8) is 0 Å². The van der Waals surface area contributed by atoms with Gasteiger partial charge in [-0.15, -0.1) is 0 Å². The van der Waals surface area contributed by atoms with Gasteiger partial charge < -0.3 is 24.6 Å². The lowest BCUT2D eigenvalue weighted by Gasteiger charge is -2.35. The molecule has 0 spiro atoms. The fraction of sp³-hybridized carbons (Fsp3) is 0.905. The third-order valence-electron chi connectivity index (χ3n) is 5.87. The number of rotatable bonds is 9. The SMILES string of the molecule is CCNC(=NCC1(C(=O)N(C)C)CCCC1)N1CCC(OCCCOC)CC1. The predicted octanol–water partition coefficient (Wildman–Crippen LogP) is 2.12. The molecule has 0 radical (unpaired) electrons. The Kier molecular flexibility index (Phi) is 9.51. The van der Waals surface area contributed by atoms with Gasteiger partial charge >= 0.3 is 0 Å². The van der Waals surface area contributed by atoms with Gasteiger partial charge in [0, 0.05) is 54.1 Å². The average molecular weight is 397 g/mol. The highest BCUT2D eigenvalue weighted by Gasteiger charge is 2.42. The molecule has 28 heavy (non-hydrogen) atoms. The Morgan fingerprint density at radius 1 is 1.21 bits per heavy atom. The van der Waals surface area contributed by atoms with E-state index in [2.05, 4.69) is 17.1 Å². The Labute approximate surface area is 170 Å². The first-order valence-electron chi connectivity index (χ1n) is 10.9. The molecule has 2 fully saturated rings. The number of hydrogen-bond donors (Lipinski definition) is 1. The number of amides is 1. The van der Waals surface area contributed by atoms with Crippen molar-refractivity contribution in [1.29, 1.82) is 0 Å². The lowest BCUT2D eigenvalue weighted by molar-refractivity contribution is -0.138. The summed E-state index contributed by atoms with van der Waals surface area (Å²) in [5, 5.41) is 3.43. The monoisotopic (exact) mass is 396 g/mol. The van der Waals surface area contributed by atoms with Gasteiger partial charge in [-0.3, -0.25) is 9.79 Å². The van der Waals surface area contributed by atoms with Crippen LogP contribution < -0.4 is 5.32 Å². The zero-order chi connectivity index (χ0) is 20.4. The van der Waals surface area contributed by atoms with Crippen LogP contribution in [0.25, 0.3) is 0 Å². The second kappa shape index (κ2) is 11.6. The number of aliphatic imine (C=N–C) groups is 1. The minimum absolute atomic E-state index is 0.229. The molecule has 2 rings (SSSR count). The van der Waals surface area contributed by atoms with Gasteiger partial charge in [0.25, 0.3) is 0 Å². The summed E-state index contributed by atoms with van der Waals surface area (Å²) in [6, 6.07) is 0. The van der Waals surface area contributed by atoms with E-state index in [0.717, 1.165) is 83.8 Å². The van der Waals surface area contributed by atoms with Gasteiger partial charge in [-0.25, -0.2) is 0 Å². The maximum Gasteiger partial charge on any atom is 0.230 e. The van der Waals surface area contributed by atoms with Crippen LogP contribution in [0.15, 0.2) is 4.99 Å². The van der Waals surface area contributed by atoms with E-state index in [9.17, 15) is 4.79 Å². The molecule has 1 saturated carbocycles. The van der Waals surface area contributed by atoms with Crippen molar-refractivity contribution < 1.29 is 14.3 Å². The zero-order valence-corrected chi connectivity index (χ0v) is 18.3. The van der Waals surface area contributed by atoms with Crippen LogP contribution >= 0.6 is 0 Å². The van der Waals surface area contributed by atoms with Crippen molar-refractivity contribution in [3.05, 3.63) is 0 Å². The molecular formula is C21H40N4O3. The summed E-state index contributed by atoms with van der Waals surface area (Å²) in [6.45, 7) is 6.91. The number of methoxy groups -OCH3 is 1. The summed E-state index contributed by atoms with van der Waals surface area (Å²) in [5.41, 5.74) is -0.313. The topological polar surface area (TPSA) is 66.4 Å². The largest absolute Gasteiger partial charge is 0.385 e. The van der Waals surface area contributed by atoms with E-state index in [1.807, 2.05) is 14.1 Å². The number of carbonyl (C=O) groups excluding carboxylic acids is 1. The second-order valence-corrected chi connectivity index (χ2v) is 8.26. The molecule has 0 aromatic rings. The van der Waals surface area contributed by atoms with Crippen molar-refractivity contribution >= 4 is 11.9 Å². The van der Waals surface area contributed by atoms with Crippen molar-refractivity contribution in [2.75, 3.05) is 60.6 Å². The van der Waals surface area contributed by atoms with E-state index in [0.29, 0.717) is 12.6 Å². The fourth-order valence-electron chi connectivity index (χ4n) is 4.31. The number of guanidine groups is 1. The first-order valence-corrected chi connectivity index (χ1v) is 10.9. The molecule has 7 heteroatoms. The number of hydrogen-bond acceptors (Lipinski definition) is 4. The van der Waals surface area contributed by atoms with Crippen LogP contribution in [0.4, 0.5) is 0 Å². The van der Waals surface area contributed by atoms with Crippen molar-refractivity contribution in [2.45, 2.75) is 58.0 Å². The van der Waals surface area contributed by atoms with Crippen LogP contribution in [0.5, 0.6) is 0 Å². The summed E-state index contributed by atoms with van der Waals surface area (Å²) >= 11 is 0. The number of nitrogens with one attached hydrogen (secondary N) is 1. The van der Waals surface area contributed by atoms with Crippen LogP contribution in [0.2, 0.25) is 0 Å². The molecule has 1 amide bonds. The number of ether oxygens (including phenoxy) is 2. The molecule has 1 saturated heterocycles. The maximum absolute atomic E-state index is 12.8. The van der Waals surface area contributed by atoms with Crippen molar-refractivity contribution in [3.8, 4) is 0 Å². The molecule has 1 aliphatic carbocycles. The molecule has 162 valence electrons. The Bertz CT molecular complexity index is 496. The van der Waals surface area contributed by atoms with Crippen LogP contribution in [0.1, 0.15) is 51.9 Å². The highest BCUT2D eigenvalue weighted by molar-refractivity contribution is 5.84. The van der Waals surface area contributed by atoms with Gasteiger partial charge in [-0.1, -0.05) is 12.8 Å². The molecule has 2 aliphatic rings. The molecule has 0 unspecified atom stereocenters. The minimum Gasteiger partial charge on any atom is -0.385 e. The van der Waals surface area contributed by atoms with Crippen LogP contribution in [0, 0.1) is 5.41 Å². The Morgan fingerprint density at radius 2 is 1.89 bits per heavy atom. The first kappa shape index (κ1) is 22.9. The summed E-state index contributed by atoms with van der Waals surface area (Å²) in [6.07, 6.45) is 7.44. The maximum atomic E-state index is 12.8. The highest BCUT2D eigenvalue weighted by atomic mass is 16.5. The highest BCUT2D eigenvalue weighted by Crippen LogP contribution is 2.39. The van der Waals surface area contributed by atoms with Crippen LogP contribution in [0.3, 0.4) is 0 Å². The lowest BCUT2D eigenvalue weighted by Crippen LogP contribution is -2.48. The van der Waals surface area contributed by atoms with E-state index in [-0.39, 0.29) is 11.3 Å². The molecule has 0 aromatic carbocycles. The normalized spacial score (nSPS) is 20.4. The van der Waals surface area contributed by atoms with Crippen LogP contribution in [-0.4, -0.2) is 88.4 Å². The second-order valence-electron chi connectivity index (χ2n) is 8.26. The molecule has 1 aliphatic heterocycles. The molecule has 7 nitrogen and oxygen atoms in total. The standard InChI is InChI=1S/C21H40N4O3/c1-5-22-20(23-17-21(11-6-7-12-21)19(26)24(2)3)25-13-9-18(10-14-25)28-16-8-15-27-4/h18H,5-17H2,1-4H3,(H,22,23). The minimum atomic E-state index is -0.313. The number of nitrogens with zero attached hydrogens (tertiary/aromatic N) is 3. The molecule has 0 atom stereocenters. The summed E-state index contributed by atoms with van der Waals surface area (Å²) in [5.74, 6) is 1.17. The zero-order valence-electron chi connectivity index (χ0n) is 18.3. The van der Waals surface area contributed by atoms with Gasteiger partial charge in [0.05, 0.1) is 18.1 Å². The van der Waals surface area contributed by atoms with E-state index >= 15 is 0 Å². The van der Waals surface area contributed by atoms with Crippen molar-refractivity contribution in [2.24, 2.45) is 10.4 Å². The number of piperidine rings is 1. The summed E-state index contributed by atoms with van der Waals surface area (Å²) in [4.78, 5) is 21.8. The van der Waals surface area contributed by atoms with E-state index in [1.54, 1.807) is 12.0 Å². The average Bonchev–Trinajstić information content (AvgIpc) is 3.18. The Morgan fingerprint density at radius 3 is 2.46 bits per heavy atom. The third-order valence-corrected chi connectivity index (χ3v) is 5.87. The molecule has 1 N–H and O–H groups in total. The smallest absolute Gasteiger partial charge is 0.230 e. The number of carbonyl (C=O) groups is 1.